The summed E-state index contributed by atoms with van der Waals surface area (Å²) in [6.45, 7) is 2.21. The lowest BCUT2D eigenvalue weighted by Gasteiger charge is -1.85. The quantitative estimate of drug-likeness (QED) is 0.455. The van der Waals surface area contributed by atoms with Gasteiger partial charge >= 0.3 is 0 Å². The van der Waals surface area contributed by atoms with Crippen LogP contribution in [-0.2, 0) is 0 Å². The Kier molecular flexibility index (Phi) is 7.68. The van der Waals surface area contributed by atoms with E-state index in [0.717, 1.165) is 0 Å². The van der Waals surface area contributed by atoms with E-state index in [0.29, 0.717) is 0 Å². The van der Waals surface area contributed by atoms with Crippen LogP contribution in [0.1, 0.15) is 26.2 Å². The first-order valence-corrected chi connectivity index (χ1v) is 3.90. The highest BCUT2D eigenvalue weighted by Gasteiger charge is 1.74. The van der Waals surface area contributed by atoms with Gasteiger partial charge < -0.3 is 5.32 Å². The van der Waals surface area contributed by atoms with Crippen LogP contribution < -0.4 is 5.32 Å². The number of rotatable bonds is 5. The zero-order valence-corrected chi connectivity index (χ0v) is 6.93. The Hall–Kier alpha value is -0.720. The van der Waals surface area contributed by atoms with Gasteiger partial charge in [0.1, 0.15) is 0 Å². The van der Waals surface area contributed by atoms with E-state index in [1.54, 1.807) is 0 Å². The van der Waals surface area contributed by atoms with Crippen LogP contribution in [-0.4, -0.2) is 7.05 Å². The van der Waals surface area contributed by atoms with Crippen LogP contribution in [0.4, 0.5) is 0 Å². The van der Waals surface area contributed by atoms with Gasteiger partial charge in [-0.15, -0.1) is 0 Å². The second-order valence-corrected chi connectivity index (χ2v) is 2.22. The summed E-state index contributed by atoms with van der Waals surface area (Å²) in [5.41, 5.74) is 0. The molecule has 0 heterocycles. The topological polar surface area (TPSA) is 12.0 Å². The van der Waals surface area contributed by atoms with Gasteiger partial charge in [0.15, 0.2) is 0 Å². The minimum Gasteiger partial charge on any atom is -0.394 e. The summed E-state index contributed by atoms with van der Waals surface area (Å²) in [5, 5.41) is 2.93. The van der Waals surface area contributed by atoms with Crippen LogP contribution in [0.25, 0.3) is 0 Å². The molecule has 0 saturated carbocycles. The molecule has 0 aliphatic heterocycles. The molecule has 0 atom stereocenters. The van der Waals surface area contributed by atoms with E-state index in [2.05, 4.69) is 24.4 Å². The first kappa shape index (κ1) is 9.28. The summed E-state index contributed by atoms with van der Waals surface area (Å²) >= 11 is 0. The van der Waals surface area contributed by atoms with Crippen LogP contribution in [0.3, 0.4) is 0 Å². The van der Waals surface area contributed by atoms with Gasteiger partial charge in [0.05, 0.1) is 0 Å². The average molecular weight is 139 g/mol. The van der Waals surface area contributed by atoms with Crippen molar-refractivity contribution in [3.05, 3.63) is 24.4 Å². The molecule has 0 aromatic heterocycles. The Morgan fingerprint density at radius 2 is 2.10 bits per heavy atom. The molecule has 0 aliphatic rings. The monoisotopic (exact) mass is 139 g/mol. The Balaban J connectivity index is 3.11. The highest BCUT2D eigenvalue weighted by atomic mass is 14.8. The summed E-state index contributed by atoms with van der Waals surface area (Å²) in [6, 6.07) is 0. The molecule has 1 nitrogen and oxygen atoms in total. The Bertz CT molecular complexity index is 103. The summed E-state index contributed by atoms with van der Waals surface area (Å²) < 4.78 is 0. The second kappa shape index (κ2) is 8.28. The summed E-state index contributed by atoms with van der Waals surface area (Å²) in [7, 11) is 1.90. The highest BCUT2D eigenvalue weighted by molar-refractivity contribution is 5.00. The van der Waals surface area contributed by atoms with Crippen LogP contribution in [0.5, 0.6) is 0 Å². The molecule has 0 spiro atoms. The van der Waals surface area contributed by atoms with Gasteiger partial charge in [-0.1, -0.05) is 31.9 Å². The fourth-order valence-electron chi connectivity index (χ4n) is 0.649. The normalized spacial score (nSPS) is 11.4. The molecule has 0 aliphatic carbocycles. The van der Waals surface area contributed by atoms with Gasteiger partial charge in [0, 0.05) is 7.05 Å². The molecular formula is C9H17N. The maximum absolute atomic E-state index is 2.93. The Labute approximate surface area is 63.8 Å². The summed E-state index contributed by atoms with van der Waals surface area (Å²) in [6.07, 6.45) is 12.0. The molecule has 0 fully saturated rings. The van der Waals surface area contributed by atoms with Crippen molar-refractivity contribution >= 4 is 0 Å². The number of hydrogen-bond donors (Lipinski definition) is 1. The lowest BCUT2D eigenvalue weighted by molar-refractivity contribution is 0.815. The predicted molar refractivity (Wildman–Crippen MR) is 46.9 cm³/mol. The third-order valence-electron chi connectivity index (χ3n) is 1.23. The van der Waals surface area contributed by atoms with Gasteiger partial charge in [0.2, 0.25) is 0 Å². The molecule has 0 bridgehead atoms. The SMILES string of the molecule is CCCC/C=C\C=C/NC. The van der Waals surface area contributed by atoms with Crippen molar-refractivity contribution in [1.82, 2.24) is 5.32 Å². The van der Waals surface area contributed by atoms with Gasteiger partial charge in [0.25, 0.3) is 0 Å². The predicted octanol–water partition coefficient (Wildman–Crippen LogP) is 2.47. The molecule has 0 aromatic rings. The minimum atomic E-state index is 1.20. The van der Waals surface area contributed by atoms with Crippen molar-refractivity contribution in [2.24, 2.45) is 0 Å². The zero-order valence-electron chi connectivity index (χ0n) is 6.93. The average Bonchev–Trinajstić information content (AvgIpc) is 1.97. The third kappa shape index (κ3) is 7.28. The molecule has 0 aromatic carbocycles. The van der Waals surface area contributed by atoms with Crippen molar-refractivity contribution in [2.75, 3.05) is 7.05 Å². The van der Waals surface area contributed by atoms with Crippen molar-refractivity contribution in [3.63, 3.8) is 0 Å². The first-order chi connectivity index (χ1) is 4.91. The fourth-order valence-corrected chi connectivity index (χ4v) is 0.649. The van der Waals surface area contributed by atoms with E-state index < -0.39 is 0 Å². The fraction of sp³-hybridized carbons (Fsp3) is 0.556. The Morgan fingerprint density at radius 3 is 2.70 bits per heavy atom. The van der Waals surface area contributed by atoms with E-state index in [1.165, 1.54) is 19.3 Å². The first-order valence-electron chi connectivity index (χ1n) is 3.90. The molecule has 0 rings (SSSR count). The summed E-state index contributed by atoms with van der Waals surface area (Å²) in [5.74, 6) is 0. The van der Waals surface area contributed by atoms with Crippen LogP contribution >= 0.6 is 0 Å². The van der Waals surface area contributed by atoms with E-state index in [9.17, 15) is 0 Å². The molecular weight excluding hydrogens is 122 g/mol. The van der Waals surface area contributed by atoms with Crippen molar-refractivity contribution in [2.45, 2.75) is 26.2 Å². The second-order valence-electron chi connectivity index (χ2n) is 2.22. The van der Waals surface area contributed by atoms with Crippen LogP contribution in [0.2, 0.25) is 0 Å². The lowest BCUT2D eigenvalue weighted by Crippen LogP contribution is -1.89. The van der Waals surface area contributed by atoms with Crippen LogP contribution in [0, 0.1) is 0 Å². The van der Waals surface area contributed by atoms with Gasteiger partial charge in [-0.05, 0) is 18.7 Å². The van der Waals surface area contributed by atoms with E-state index in [1.807, 2.05) is 19.3 Å². The smallest absolute Gasteiger partial charge is 0.00277 e. The number of hydrogen-bond acceptors (Lipinski definition) is 1. The largest absolute Gasteiger partial charge is 0.394 e. The van der Waals surface area contributed by atoms with Gasteiger partial charge in [-0.3, -0.25) is 0 Å². The van der Waals surface area contributed by atoms with Gasteiger partial charge in [-0.25, -0.2) is 0 Å². The lowest BCUT2D eigenvalue weighted by atomic mass is 10.2. The molecule has 0 amide bonds. The molecule has 1 N–H and O–H groups in total. The van der Waals surface area contributed by atoms with Gasteiger partial charge in [-0.2, -0.15) is 0 Å². The molecule has 0 radical (unpaired) electrons. The third-order valence-corrected chi connectivity index (χ3v) is 1.23. The minimum absolute atomic E-state index is 1.20. The van der Waals surface area contributed by atoms with Crippen molar-refractivity contribution in [1.29, 1.82) is 0 Å². The molecule has 0 unspecified atom stereocenters. The standard InChI is InChI=1S/C9H17N/c1-3-4-5-6-7-8-9-10-2/h6-10H,3-5H2,1-2H3/b7-6-,9-8-. The molecule has 0 saturated heterocycles. The van der Waals surface area contributed by atoms with E-state index in [-0.39, 0.29) is 0 Å². The maximum Gasteiger partial charge on any atom is 0.00277 e. The maximum atomic E-state index is 2.93. The van der Waals surface area contributed by atoms with Crippen molar-refractivity contribution < 1.29 is 0 Å². The number of unbranched alkanes of at least 4 members (excludes halogenated alkanes) is 2. The molecule has 10 heavy (non-hydrogen) atoms. The molecule has 1 heteroatoms. The van der Waals surface area contributed by atoms with Crippen LogP contribution in [0.15, 0.2) is 24.4 Å². The Morgan fingerprint density at radius 1 is 1.30 bits per heavy atom. The molecule has 58 valence electrons. The van der Waals surface area contributed by atoms with E-state index >= 15 is 0 Å². The zero-order chi connectivity index (χ0) is 7.66. The highest BCUT2D eigenvalue weighted by Crippen LogP contribution is 1.94. The van der Waals surface area contributed by atoms with Crippen molar-refractivity contribution in [3.8, 4) is 0 Å². The van der Waals surface area contributed by atoms with E-state index in [4.69, 9.17) is 0 Å². The number of nitrogens with one attached hydrogen (secondary N) is 1. The number of allylic oxidation sites excluding steroid dienone is 3. The summed E-state index contributed by atoms with van der Waals surface area (Å²) in [4.78, 5) is 0.